The quantitative estimate of drug-likeness (QED) is 0.680. The molecule has 5 nitrogen and oxygen atoms in total. The lowest BCUT2D eigenvalue weighted by atomic mass is 10.0. The molecule has 162 valence electrons. The van der Waals surface area contributed by atoms with E-state index in [1.165, 1.54) is 28.8 Å². The van der Waals surface area contributed by atoms with Gasteiger partial charge in [0.15, 0.2) is 0 Å². The molecule has 1 saturated heterocycles. The summed E-state index contributed by atoms with van der Waals surface area (Å²) in [5.41, 5.74) is 0.960. The van der Waals surface area contributed by atoms with Crippen LogP contribution in [0.15, 0.2) is 47.3 Å². The molecule has 7 heteroatoms. The Morgan fingerprint density at radius 3 is 2.68 bits per heavy atom. The first-order valence-corrected chi connectivity index (χ1v) is 10.4. The van der Waals surface area contributed by atoms with Crippen molar-refractivity contribution in [2.75, 3.05) is 13.6 Å². The zero-order valence-electron chi connectivity index (χ0n) is 17.6. The van der Waals surface area contributed by atoms with Crippen LogP contribution >= 0.6 is 0 Å². The van der Waals surface area contributed by atoms with Crippen LogP contribution in [0, 0.1) is 18.6 Å². The van der Waals surface area contributed by atoms with Crippen molar-refractivity contribution in [2.24, 2.45) is 0 Å². The van der Waals surface area contributed by atoms with E-state index in [9.17, 15) is 18.4 Å². The summed E-state index contributed by atoms with van der Waals surface area (Å²) in [6.07, 6.45) is 1.98. The molecule has 1 aromatic heterocycles. The second kappa shape index (κ2) is 8.59. The normalized spacial score (nSPS) is 16.7. The summed E-state index contributed by atoms with van der Waals surface area (Å²) in [7, 11) is 2.01. The molecule has 0 saturated carbocycles. The molecule has 1 unspecified atom stereocenters. The predicted octanol–water partition coefficient (Wildman–Crippen LogP) is 3.61. The van der Waals surface area contributed by atoms with E-state index >= 15 is 0 Å². The van der Waals surface area contributed by atoms with E-state index in [0.717, 1.165) is 19.4 Å². The molecule has 1 fully saturated rings. The second-order valence-corrected chi connectivity index (χ2v) is 8.13. The van der Waals surface area contributed by atoms with Crippen LogP contribution in [-0.4, -0.2) is 35.0 Å². The Morgan fingerprint density at radius 2 is 1.97 bits per heavy atom. The number of rotatable bonds is 5. The Balaban J connectivity index is 1.76. The number of fused-ring (bicyclic) bond motifs is 1. The van der Waals surface area contributed by atoms with Crippen molar-refractivity contribution in [2.45, 2.75) is 38.9 Å². The van der Waals surface area contributed by atoms with Crippen LogP contribution < -0.4 is 10.9 Å². The zero-order valence-corrected chi connectivity index (χ0v) is 17.6. The highest BCUT2D eigenvalue weighted by atomic mass is 19.1. The van der Waals surface area contributed by atoms with Crippen molar-refractivity contribution in [3.8, 4) is 0 Å². The van der Waals surface area contributed by atoms with Gasteiger partial charge in [0, 0.05) is 30.2 Å². The number of aromatic nitrogens is 1. The van der Waals surface area contributed by atoms with Gasteiger partial charge < -0.3 is 14.8 Å². The van der Waals surface area contributed by atoms with Gasteiger partial charge >= 0.3 is 0 Å². The third kappa shape index (κ3) is 4.10. The molecule has 0 radical (unpaired) electrons. The molecule has 0 bridgehead atoms. The highest BCUT2D eigenvalue weighted by Crippen LogP contribution is 2.24. The predicted molar refractivity (Wildman–Crippen MR) is 116 cm³/mol. The zero-order chi connectivity index (χ0) is 22.1. The molecule has 1 amide bonds. The Hall–Kier alpha value is -3.06. The van der Waals surface area contributed by atoms with Crippen LogP contribution in [0.1, 0.15) is 34.5 Å². The number of carbonyl (C=O) groups excluding carboxylic acids is 1. The monoisotopic (exact) mass is 425 g/mol. The number of halogens is 2. The van der Waals surface area contributed by atoms with E-state index in [-0.39, 0.29) is 34.7 Å². The van der Waals surface area contributed by atoms with E-state index < -0.39 is 17.3 Å². The maximum Gasteiger partial charge on any atom is 0.261 e. The lowest BCUT2D eigenvalue weighted by molar-refractivity contribution is 0.0950. The van der Waals surface area contributed by atoms with Crippen LogP contribution in [0.2, 0.25) is 0 Å². The van der Waals surface area contributed by atoms with Crippen molar-refractivity contribution in [1.29, 1.82) is 0 Å². The van der Waals surface area contributed by atoms with Crippen molar-refractivity contribution in [1.82, 2.24) is 14.8 Å². The summed E-state index contributed by atoms with van der Waals surface area (Å²) in [4.78, 5) is 28.5. The van der Waals surface area contributed by atoms with Gasteiger partial charge in [-0.3, -0.25) is 9.59 Å². The number of nitrogens with one attached hydrogen (secondary N) is 1. The van der Waals surface area contributed by atoms with Gasteiger partial charge in [0.1, 0.15) is 11.6 Å². The van der Waals surface area contributed by atoms with Crippen LogP contribution in [0.5, 0.6) is 0 Å². The van der Waals surface area contributed by atoms with Gasteiger partial charge in [-0.25, -0.2) is 8.78 Å². The third-order valence-corrected chi connectivity index (χ3v) is 6.14. The van der Waals surface area contributed by atoms with Crippen LogP contribution in [-0.2, 0) is 13.1 Å². The van der Waals surface area contributed by atoms with Gasteiger partial charge in [-0.1, -0.05) is 24.3 Å². The van der Waals surface area contributed by atoms with E-state index in [1.807, 2.05) is 7.05 Å². The number of amides is 1. The molecule has 31 heavy (non-hydrogen) atoms. The fourth-order valence-corrected chi connectivity index (χ4v) is 4.41. The maximum atomic E-state index is 14.7. The summed E-state index contributed by atoms with van der Waals surface area (Å²) in [6, 6.07) is 10.5. The average Bonchev–Trinajstić information content (AvgIpc) is 3.14. The number of benzene rings is 2. The summed E-state index contributed by atoms with van der Waals surface area (Å²) in [6.45, 7) is 3.19. The smallest absolute Gasteiger partial charge is 0.261 e. The Bertz CT molecular complexity index is 1210. The molecule has 3 aromatic rings. The number of likely N-dealkylation sites (tertiary alicyclic amines) is 1. The van der Waals surface area contributed by atoms with E-state index in [0.29, 0.717) is 17.8 Å². The second-order valence-electron chi connectivity index (χ2n) is 8.13. The molecule has 2 aromatic carbocycles. The van der Waals surface area contributed by atoms with Gasteiger partial charge in [-0.05, 0) is 57.1 Å². The number of likely N-dealkylation sites (N-methyl/N-ethyl adjacent to an activating group) is 1. The summed E-state index contributed by atoms with van der Waals surface area (Å²) >= 11 is 0. The first kappa shape index (κ1) is 21.2. The first-order chi connectivity index (χ1) is 14.9. The van der Waals surface area contributed by atoms with Crippen molar-refractivity contribution in [3.05, 3.63) is 81.3 Å². The molecule has 1 aliphatic rings. The number of pyridine rings is 1. The summed E-state index contributed by atoms with van der Waals surface area (Å²) in [5.74, 6) is -1.45. The number of nitrogens with zero attached hydrogens (tertiary/aromatic N) is 2. The minimum Gasteiger partial charge on any atom is -0.348 e. The lowest BCUT2D eigenvalue weighted by Gasteiger charge is -2.23. The van der Waals surface area contributed by atoms with E-state index in [2.05, 4.69) is 10.2 Å². The number of carbonyl (C=O) groups is 1. The molecular weight excluding hydrogens is 400 g/mol. The third-order valence-electron chi connectivity index (χ3n) is 6.14. The van der Waals surface area contributed by atoms with Gasteiger partial charge in [0.2, 0.25) is 0 Å². The van der Waals surface area contributed by atoms with Gasteiger partial charge in [-0.2, -0.15) is 0 Å². The Labute approximate surface area is 179 Å². The Kier molecular flexibility index (Phi) is 5.87. The topological polar surface area (TPSA) is 54.3 Å². The average molecular weight is 425 g/mol. The fourth-order valence-electron chi connectivity index (χ4n) is 4.41. The van der Waals surface area contributed by atoms with Crippen LogP contribution in [0.4, 0.5) is 8.78 Å². The van der Waals surface area contributed by atoms with Gasteiger partial charge in [0.05, 0.1) is 10.9 Å². The molecule has 1 N–H and O–H groups in total. The van der Waals surface area contributed by atoms with Crippen molar-refractivity contribution < 1.29 is 13.6 Å². The molecule has 1 aliphatic heterocycles. The van der Waals surface area contributed by atoms with Crippen LogP contribution in [0.3, 0.4) is 0 Å². The first-order valence-electron chi connectivity index (χ1n) is 10.4. The van der Waals surface area contributed by atoms with Gasteiger partial charge in [-0.15, -0.1) is 0 Å². The van der Waals surface area contributed by atoms with Crippen molar-refractivity contribution in [3.63, 3.8) is 0 Å². The molecule has 0 aliphatic carbocycles. The molecule has 1 atom stereocenters. The SMILES string of the molecule is Cc1c(C(=O)NCc2cccc(F)c2)c2cccc(F)c2c(=O)n1CC1CCCN1C. The minimum absolute atomic E-state index is 0.0790. The largest absolute Gasteiger partial charge is 0.348 e. The van der Waals surface area contributed by atoms with Crippen LogP contribution in [0.25, 0.3) is 10.8 Å². The maximum absolute atomic E-state index is 14.7. The highest BCUT2D eigenvalue weighted by Gasteiger charge is 2.26. The molecular formula is C24H25F2N3O2. The lowest BCUT2D eigenvalue weighted by Crippen LogP contribution is -2.36. The molecule has 2 heterocycles. The van der Waals surface area contributed by atoms with E-state index in [4.69, 9.17) is 0 Å². The number of hydrogen-bond donors (Lipinski definition) is 1. The standard InChI is InChI=1S/C24H25F2N3O2/c1-15-21(23(30)27-13-16-6-3-7-17(25)12-16)19-9-4-10-20(26)22(19)24(31)29(15)14-18-8-5-11-28(18)2/h3-4,6-7,9-10,12,18H,5,8,11,13-14H2,1-2H3,(H,27,30). The Morgan fingerprint density at radius 1 is 1.19 bits per heavy atom. The molecule has 0 spiro atoms. The highest BCUT2D eigenvalue weighted by molar-refractivity contribution is 6.07. The molecule has 4 rings (SSSR count). The van der Waals surface area contributed by atoms with Gasteiger partial charge in [0.25, 0.3) is 11.5 Å². The van der Waals surface area contributed by atoms with E-state index in [1.54, 1.807) is 25.1 Å². The number of hydrogen-bond acceptors (Lipinski definition) is 3. The van der Waals surface area contributed by atoms with Crippen molar-refractivity contribution >= 4 is 16.7 Å². The fraction of sp³-hybridized carbons (Fsp3) is 0.333. The summed E-state index contributed by atoms with van der Waals surface area (Å²) in [5, 5.41) is 3.00. The minimum atomic E-state index is -0.643. The summed E-state index contributed by atoms with van der Waals surface area (Å²) < 4.78 is 29.7.